The van der Waals surface area contributed by atoms with Crippen LogP contribution >= 0.6 is 11.8 Å². The third-order valence-corrected chi connectivity index (χ3v) is 10.1. The van der Waals surface area contributed by atoms with Crippen LogP contribution in [0.1, 0.15) is 220 Å². The molecular weight excluding hydrogens is 464 g/mol. The molecule has 0 aromatic carbocycles. The van der Waals surface area contributed by atoms with Gasteiger partial charge in [-0.2, -0.15) is 11.8 Å². The van der Waals surface area contributed by atoms with Gasteiger partial charge in [-0.1, -0.05) is 195 Å². The zero-order valence-electron chi connectivity index (χ0n) is 26.8. The summed E-state index contributed by atoms with van der Waals surface area (Å²) in [6.07, 6.45) is 43.8. The van der Waals surface area contributed by atoms with Crippen molar-refractivity contribution in [2.24, 2.45) is 0 Å². The number of hydrogen-bond acceptors (Lipinski definition) is 1. The van der Waals surface area contributed by atoms with E-state index in [0.717, 1.165) is 10.5 Å². The van der Waals surface area contributed by atoms with Crippen molar-refractivity contribution in [2.45, 2.75) is 231 Å². The van der Waals surface area contributed by atoms with Gasteiger partial charge in [-0.25, -0.2) is 0 Å². The van der Waals surface area contributed by atoms with E-state index >= 15 is 0 Å². The smallest absolute Gasteiger partial charge is 0.00498 e. The lowest BCUT2D eigenvalue weighted by Gasteiger charge is -2.24. The van der Waals surface area contributed by atoms with E-state index in [1.165, 1.54) is 193 Å². The topological polar surface area (TPSA) is 0 Å². The predicted octanol–water partition coefficient (Wildman–Crippen LogP) is 14.2. The van der Waals surface area contributed by atoms with E-state index in [2.05, 4.69) is 39.5 Å². The van der Waals surface area contributed by atoms with Crippen molar-refractivity contribution in [3.63, 3.8) is 0 Å². The molecule has 2 atom stereocenters. The van der Waals surface area contributed by atoms with Crippen LogP contribution in [0, 0.1) is 0 Å². The van der Waals surface area contributed by atoms with E-state index in [0.29, 0.717) is 0 Å². The van der Waals surface area contributed by atoms with Gasteiger partial charge in [0.2, 0.25) is 0 Å². The summed E-state index contributed by atoms with van der Waals surface area (Å²) < 4.78 is 0. The number of hydrogen-bond donors (Lipinski definition) is 0. The van der Waals surface area contributed by atoms with E-state index in [4.69, 9.17) is 0 Å². The molecule has 0 fully saturated rings. The summed E-state index contributed by atoms with van der Waals surface area (Å²) in [6.45, 7) is 9.34. The average Bonchev–Trinajstić information content (AvgIpc) is 2.90. The van der Waals surface area contributed by atoms with Gasteiger partial charge in [-0.15, -0.1) is 0 Å². The first kappa shape index (κ1) is 37.4. The molecule has 0 aromatic heterocycles. The molecule has 0 amide bonds. The normalized spacial score (nSPS) is 13.3. The maximum absolute atomic E-state index is 2.47. The van der Waals surface area contributed by atoms with Gasteiger partial charge in [-0.3, -0.25) is 0 Å². The molecule has 0 spiro atoms. The van der Waals surface area contributed by atoms with Gasteiger partial charge in [0.25, 0.3) is 0 Å². The highest BCUT2D eigenvalue weighted by molar-refractivity contribution is 8.00. The maximum Gasteiger partial charge on any atom is 0.00498 e. The summed E-state index contributed by atoms with van der Waals surface area (Å²) in [5, 5.41) is 1.88. The van der Waals surface area contributed by atoms with Gasteiger partial charge < -0.3 is 0 Å². The van der Waals surface area contributed by atoms with Gasteiger partial charge in [0, 0.05) is 10.5 Å². The molecule has 0 rings (SSSR count). The standard InChI is InChI=1S/C36H74S/c1-5-9-13-17-19-21-25-29-33-35(31-27-23-15-11-7-3)37-36(32-28-24-16-12-8-4)34-30-26-22-20-18-14-10-6-2/h35-36H,5-34H2,1-4H3. The fourth-order valence-electron chi connectivity index (χ4n) is 5.80. The van der Waals surface area contributed by atoms with Gasteiger partial charge >= 0.3 is 0 Å². The van der Waals surface area contributed by atoms with Crippen molar-refractivity contribution in [2.75, 3.05) is 0 Å². The highest BCUT2D eigenvalue weighted by atomic mass is 32.2. The summed E-state index contributed by atoms with van der Waals surface area (Å²) in [7, 11) is 0. The van der Waals surface area contributed by atoms with Crippen LogP contribution in [0.15, 0.2) is 0 Å². The Hall–Kier alpha value is 0.350. The van der Waals surface area contributed by atoms with Crippen LogP contribution in [0.3, 0.4) is 0 Å². The molecule has 0 aliphatic carbocycles. The Balaban J connectivity index is 4.54. The number of unbranched alkanes of at least 4 members (excludes halogenated alkanes) is 22. The monoisotopic (exact) mass is 539 g/mol. The number of rotatable bonds is 32. The molecule has 0 aromatic rings. The first-order chi connectivity index (χ1) is 18.3. The highest BCUT2D eigenvalue weighted by Gasteiger charge is 2.17. The molecule has 0 N–H and O–H groups in total. The van der Waals surface area contributed by atoms with Crippen molar-refractivity contribution in [1.82, 2.24) is 0 Å². The Bertz CT molecular complexity index is 356. The highest BCUT2D eigenvalue weighted by Crippen LogP contribution is 2.33. The van der Waals surface area contributed by atoms with E-state index in [1.54, 1.807) is 0 Å². The quantitative estimate of drug-likeness (QED) is 0.0767. The van der Waals surface area contributed by atoms with Gasteiger partial charge in [0.15, 0.2) is 0 Å². The molecule has 0 saturated carbocycles. The molecule has 0 saturated heterocycles. The average molecular weight is 539 g/mol. The largest absolute Gasteiger partial charge is 0.155 e. The first-order valence-corrected chi connectivity index (χ1v) is 18.9. The minimum absolute atomic E-state index is 0.941. The van der Waals surface area contributed by atoms with Crippen molar-refractivity contribution in [3.8, 4) is 0 Å². The summed E-state index contributed by atoms with van der Waals surface area (Å²) in [4.78, 5) is 0. The SMILES string of the molecule is CCCCCCCCCCC(CCCCCCC)SC(CCCCCCC)CCCCCCCCCC. The second kappa shape index (κ2) is 32.6. The van der Waals surface area contributed by atoms with Crippen molar-refractivity contribution in [3.05, 3.63) is 0 Å². The van der Waals surface area contributed by atoms with Crippen LogP contribution < -0.4 is 0 Å². The fraction of sp³-hybridized carbons (Fsp3) is 1.00. The Morgan fingerprint density at radius 3 is 0.676 bits per heavy atom. The van der Waals surface area contributed by atoms with Gasteiger partial charge in [-0.05, 0) is 25.7 Å². The molecule has 0 aliphatic rings. The lowest BCUT2D eigenvalue weighted by Crippen LogP contribution is -2.12. The lowest BCUT2D eigenvalue weighted by atomic mass is 10.0. The first-order valence-electron chi connectivity index (χ1n) is 17.9. The molecule has 0 bridgehead atoms. The fourth-order valence-corrected chi connectivity index (χ4v) is 7.55. The van der Waals surface area contributed by atoms with Crippen LogP contribution in [0.25, 0.3) is 0 Å². The van der Waals surface area contributed by atoms with Crippen LogP contribution in [-0.2, 0) is 0 Å². The second-order valence-corrected chi connectivity index (χ2v) is 13.9. The van der Waals surface area contributed by atoms with Crippen LogP contribution in [-0.4, -0.2) is 10.5 Å². The van der Waals surface area contributed by atoms with E-state index < -0.39 is 0 Å². The van der Waals surface area contributed by atoms with Gasteiger partial charge in [0.05, 0.1) is 0 Å². The van der Waals surface area contributed by atoms with Crippen molar-refractivity contribution in [1.29, 1.82) is 0 Å². The second-order valence-electron chi connectivity index (χ2n) is 12.3. The minimum atomic E-state index is 0.941. The summed E-state index contributed by atoms with van der Waals surface area (Å²) in [6, 6.07) is 0. The Labute approximate surface area is 242 Å². The van der Waals surface area contributed by atoms with E-state index in [9.17, 15) is 0 Å². The van der Waals surface area contributed by atoms with Crippen LogP contribution in [0.2, 0.25) is 0 Å². The Morgan fingerprint density at radius 2 is 0.459 bits per heavy atom. The number of thioether (sulfide) groups is 1. The summed E-state index contributed by atoms with van der Waals surface area (Å²) in [5.74, 6) is 0. The van der Waals surface area contributed by atoms with Crippen molar-refractivity contribution >= 4 is 11.8 Å². The predicted molar refractivity (Wildman–Crippen MR) is 176 cm³/mol. The molecule has 0 heterocycles. The Morgan fingerprint density at radius 1 is 0.270 bits per heavy atom. The molecule has 0 radical (unpaired) electrons. The van der Waals surface area contributed by atoms with Crippen LogP contribution in [0.5, 0.6) is 0 Å². The maximum atomic E-state index is 2.47. The molecule has 0 aliphatic heterocycles. The lowest BCUT2D eigenvalue weighted by molar-refractivity contribution is 0.526. The molecule has 1 heteroatoms. The summed E-state index contributed by atoms with van der Waals surface area (Å²) in [5.41, 5.74) is 0. The zero-order chi connectivity index (χ0) is 27.1. The van der Waals surface area contributed by atoms with E-state index in [-0.39, 0.29) is 0 Å². The molecule has 224 valence electrons. The van der Waals surface area contributed by atoms with Crippen LogP contribution in [0.4, 0.5) is 0 Å². The van der Waals surface area contributed by atoms with Gasteiger partial charge in [0.1, 0.15) is 0 Å². The minimum Gasteiger partial charge on any atom is -0.155 e. The molecular formula is C36H74S. The third-order valence-electron chi connectivity index (χ3n) is 8.40. The van der Waals surface area contributed by atoms with Crippen molar-refractivity contribution < 1.29 is 0 Å². The molecule has 2 unspecified atom stereocenters. The molecule has 37 heavy (non-hydrogen) atoms. The third kappa shape index (κ3) is 29.2. The summed E-state index contributed by atoms with van der Waals surface area (Å²) >= 11 is 2.47. The Kier molecular flexibility index (Phi) is 32.9. The molecule has 0 nitrogen and oxygen atoms in total. The zero-order valence-corrected chi connectivity index (χ0v) is 27.6. The van der Waals surface area contributed by atoms with E-state index in [1.807, 2.05) is 0 Å².